The molecular formula is C22H27Cl2N3O6S2. The summed E-state index contributed by atoms with van der Waals surface area (Å²) in [5, 5.41) is 3.81. The fraction of sp³-hybridized carbons (Fsp3) is 0.409. The first-order valence-electron chi connectivity index (χ1n) is 10.7. The summed E-state index contributed by atoms with van der Waals surface area (Å²) >= 11 is 12.1. The molecule has 2 aromatic carbocycles. The fourth-order valence-electron chi connectivity index (χ4n) is 3.64. The number of nitrogens with zero attached hydrogens (tertiary/aromatic N) is 1. The minimum atomic E-state index is -3.68. The molecule has 9 nitrogen and oxygen atoms in total. The Morgan fingerprint density at radius 1 is 1.09 bits per heavy atom. The number of sulfonamides is 1. The van der Waals surface area contributed by atoms with Crippen molar-refractivity contribution in [1.29, 1.82) is 0 Å². The van der Waals surface area contributed by atoms with Crippen LogP contribution < -0.4 is 10.0 Å². The molecule has 0 saturated carbocycles. The third-order valence-electron chi connectivity index (χ3n) is 5.30. The maximum atomic E-state index is 12.6. The molecule has 0 bridgehead atoms. The van der Waals surface area contributed by atoms with Crippen LogP contribution in [0.15, 0.2) is 41.3 Å². The summed E-state index contributed by atoms with van der Waals surface area (Å²) in [7, 11) is -7.24. The highest BCUT2D eigenvalue weighted by atomic mass is 35.5. The molecule has 2 N–H and O–H groups in total. The van der Waals surface area contributed by atoms with Gasteiger partial charge in [0.05, 0.1) is 46.0 Å². The molecule has 2 aromatic rings. The number of halogens is 2. The van der Waals surface area contributed by atoms with Crippen LogP contribution in [-0.2, 0) is 42.4 Å². The number of carbonyl (C=O) groups excluding carboxylic acids is 1. The van der Waals surface area contributed by atoms with Gasteiger partial charge >= 0.3 is 0 Å². The highest BCUT2D eigenvalue weighted by Crippen LogP contribution is 2.24. The number of anilines is 1. The van der Waals surface area contributed by atoms with Crippen molar-refractivity contribution < 1.29 is 26.4 Å². The first-order chi connectivity index (χ1) is 16.3. The van der Waals surface area contributed by atoms with E-state index in [9.17, 15) is 21.6 Å². The Morgan fingerprint density at radius 2 is 1.83 bits per heavy atom. The lowest BCUT2D eigenvalue weighted by Crippen LogP contribution is -2.47. The van der Waals surface area contributed by atoms with Gasteiger partial charge in [-0.3, -0.25) is 14.4 Å². The van der Waals surface area contributed by atoms with E-state index in [1.165, 1.54) is 18.2 Å². The van der Waals surface area contributed by atoms with Crippen molar-refractivity contribution in [1.82, 2.24) is 10.2 Å². The highest BCUT2D eigenvalue weighted by Gasteiger charge is 2.22. The molecule has 0 aliphatic carbocycles. The van der Waals surface area contributed by atoms with E-state index in [1.54, 1.807) is 6.07 Å². The van der Waals surface area contributed by atoms with Crippen LogP contribution in [0.25, 0.3) is 0 Å². The zero-order chi connectivity index (χ0) is 25.8. The van der Waals surface area contributed by atoms with Gasteiger partial charge < -0.3 is 10.1 Å². The SMILES string of the molecule is CS(=O)(=O)Nc1cc(S(C)(=O)=O)ccc1CC(=O)NCC1CN(Cc2ccc(Cl)c(Cl)c2)CCO1. The van der Waals surface area contributed by atoms with E-state index >= 15 is 0 Å². The first-order valence-corrected chi connectivity index (χ1v) is 15.2. The molecular weight excluding hydrogens is 537 g/mol. The number of sulfone groups is 1. The maximum absolute atomic E-state index is 12.6. The number of ether oxygens (including phenoxy) is 1. The monoisotopic (exact) mass is 563 g/mol. The fourth-order valence-corrected chi connectivity index (χ4v) is 5.20. The third-order valence-corrected chi connectivity index (χ3v) is 7.74. The molecule has 0 radical (unpaired) electrons. The van der Waals surface area contributed by atoms with Gasteiger partial charge in [0.25, 0.3) is 0 Å². The minimum Gasteiger partial charge on any atom is -0.374 e. The van der Waals surface area contributed by atoms with Gasteiger partial charge in [0.15, 0.2) is 9.84 Å². The van der Waals surface area contributed by atoms with E-state index < -0.39 is 19.9 Å². The number of rotatable bonds is 9. The Morgan fingerprint density at radius 3 is 2.49 bits per heavy atom. The lowest BCUT2D eigenvalue weighted by atomic mass is 10.1. The van der Waals surface area contributed by atoms with Crippen molar-refractivity contribution in [2.24, 2.45) is 0 Å². The van der Waals surface area contributed by atoms with Crippen molar-refractivity contribution in [3.8, 4) is 0 Å². The predicted octanol–water partition coefficient (Wildman–Crippen LogP) is 2.33. The highest BCUT2D eigenvalue weighted by molar-refractivity contribution is 7.92. The summed E-state index contributed by atoms with van der Waals surface area (Å²) in [5.41, 5.74) is 1.42. The summed E-state index contributed by atoms with van der Waals surface area (Å²) in [5.74, 6) is -0.348. The Balaban J connectivity index is 1.59. The number of hydrogen-bond donors (Lipinski definition) is 2. The third kappa shape index (κ3) is 8.62. The lowest BCUT2D eigenvalue weighted by molar-refractivity contribution is -0.121. The average molecular weight is 565 g/mol. The molecule has 1 fully saturated rings. The van der Waals surface area contributed by atoms with Gasteiger partial charge in [0.1, 0.15) is 0 Å². The molecule has 1 aliphatic rings. The van der Waals surface area contributed by atoms with Gasteiger partial charge in [-0.2, -0.15) is 0 Å². The molecule has 1 aliphatic heterocycles. The standard InChI is InChI=1S/C22H27Cl2N3O6S2/c1-34(29,30)18-5-4-16(21(11-18)26-35(2,31)32)10-22(28)25-12-17-14-27(7-8-33-17)13-15-3-6-19(23)20(24)9-15/h3-6,9,11,17,26H,7-8,10,12-14H2,1-2H3,(H,25,28). The van der Waals surface area contributed by atoms with Gasteiger partial charge in [-0.25, -0.2) is 16.8 Å². The second kappa shape index (κ2) is 11.4. The van der Waals surface area contributed by atoms with E-state index in [-0.39, 0.29) is 35.6 Å². The molecule has 1 unspecified atom stereocenters. The Kier molecular flexibility index (Phi) is 9.06. The summed E-state index contributed by atoms with van der Waals surface area (Å²) in [4.78, 5) is 14.7. The molecule has 35 heavy (non-hydrogen) atoms. The van der Waals surface area contributed by atoms with Crippen LogP contribution in [0.5, 0.6) is 0 Å². The molecule has 0 aromatic heterocycles. The summed E-state index contributed by atoms with van der Waals surface area (Å²) in [6.45, 7) is 2.78. The second-order valence-electron chi connectivity index (χ2n) is 8.42. The number of amides is 1. The van der Waals surface area contributed by atoms with Crippen LogP contribution in [0, 0.1) is 0 Å². The summed E-state index contributed by atoms with van der Waals surface area (Å²) < 4.78 is 55.2. The zero-order valence-corrected chi connectivity index (χ0v) is 22.4. The Labute approximate surface area is 215 Å². The maximum Gasteiger partial charge on any atom is 0.229 e. The topological polar surface area (TPSA) is 122 Å². The van der Waals surface area contributed by atoms with Crippen molar-refractivity contribution in [2.75, 3.05) is 43.5 Å². The van der Waals surface area contributed by atoms with E-state index in [0.717, 1.165) is 24.6 Å². The number of morpholine rings is 1. The lowest BCUT2D eigenvalue weighted by Gasteiger charge is -2.33. The summed E-state index contributed by atoms with van der Waals surface area (Å²) in [6.07, 6.45) is 1.61. The molecule has 3 rings (SSSR count). The average Bonchev–Trinajstić information content (AvgIpc) is 2.75. The molecule has 1 amide bonds. The van der Waals surface area contributed by atoms with Crippen LogP contribution in [0.3, 0.4) is 0 Å². The summed E-state index contributed by atoms with van der Waals surface area (Å²) in [6, 6.07) is 9.48. The van der Waals surface area contributed by atoms with Crippen LogP contribution in [0.4, 0.5) is 5.69 Å². The van der Waals surface area contributed by atoms with Gasteiger partial charge in [-0.05, 0) is 35.4 Å². The van der Waals surface area contributed by atoms with E-state index in [2.05, 4.69) is 14.9 Å². The number of benzene rings is 2. The van der Waals surface area contributed by atoms with E-state index in [0.29, 0.717) is 35.3 Å². The Hall–Kier alpha value is -1.89. The predicted molar refractivity (Wildman–Crippen MR) is 136 cm³/mol. The molecule has 0 spiro atoms. The second-order valence-corrected chi connectivity index (χ2v) is 13.0. The molecule has 1 atom stereocenters. The van der Waals surface area contributed by atoms with Crippen molar-refractivity contribution in [3.05, 3.63) is 57.6 Å². The van der Waals surface area contributed by atoms with Crippen molar-refractivity contribution in [2.45, 2.75) is 24.0 Å². The normalized spacial score (nSPS) is 17.2. The van der Waals surface area contributed by atoms with Gasteiger partial charge in [-0.1, -0.05) is 35.3 Å². The van der Waals surface area contributed by atoms with Crippen LogP contribution in [0.2, 0.25) is 10.0 Å². The minimum absolute atomic E-state index is 0.0484. The van der Waals surface area contributed by atoms with Crippen molar-refractivity contribution in [3.63, 3.8) is 0 Å². The molecule has 192 valence electrons. The molecule has 1 saturated heterocycles. The van der Waals surface area contributed by atoms with E-state index in [1.807, 2.05) is 12.1 Å². The van der Waals surface area contributed by atoms with Crippen molar-refractivity contribution >= 4 is 54.7 Å². The number of hydrogen-bond acceptors (Lipinski definition) is 7. The largest absolute Gasteiger partial charge is 0.374 e. The van der Waals surface area contributed by atoms with Crippen LogP contribution in [-0.4, -0.2) is 72.5 Å². The van der Waals surface area contributed by atoms with Gasteiger partial charge in [-0.15, -0.1) is 0 Å². The van der Waals surface area contributed by atoms with E-state index in [4.69, 9.17) is 27.9 Å². The van der Waals surface area contributed by atoms with Gasteiger partial charge in [0.2, 0.25) is 15.9 Å². The molecule has 13 heteroatoms. The quantitative estimate of drug-likeness (QED) is 0.480. The zero-order valence-electron chi connectivity index (χ0n) is 19.3. The number of carbonyl (C=O) groups is 1. The van der Waals surface area contributed by atoms with Crippen LogP contribution >= 0.6 is 23.2 Å². The van der Waals surface area contributed by atoms with Gasteiger partial charge in [0, 0.05) is 32.4 Å². The Bertz CT molecular complexity index is 1300. The smallest absolute Gasteiger partial charge is 0.229 e. The molecule has 1 heterocycles. The first kappa shape index (κ1) is 27.7. The number of nitrogens with one attached hydrogen (secondary N) is 2. The van der Waals surface area contributed by atoms with Crippen LogP contribution in [0.1, 0.15) is 11.1 Å².